The number of hydrogen-bond acceptors (Lipinski definition) is 3. The average molecular weight is 372 g/mol. The molecule has 4 heteroatoms. The van der Waals surface area contributed by atoms with Crippen LogP contribution in [0.15, 0.2) is 85.1 Å². The molecule has 4 nitrogen and oxygen atoms in total. The molecule has 142 valence electrons. The molecule has 28 heavy (non-hydrogen) atoms. The van der Waals surface area contributed by atoms with Crippen molar-refractivity contribution in [2.24, 2.45) is 0 Å². The molecule has 0 bridgehead atoms. The van der Waals surface area contributed by atoms with Crippen LogP contribution in [0.2, 0.25) is 0 Å². The summed E-state index contributed by atoms with van der Waals surface area (Å²) in [4.78, 5) is 18.8. The zero-order chi connectivity index (χ0) is 19.2. The molecule has 0 aliphatic carbocycles. The molecule has 1 aliphatic heterocycles. The Hall–Kier alpha value is -2.98. The molecule has 2 heterocycles. The Labute approximate surface area is 165 Å². The minimum Gasteiger partial charge on any atom is -0.375 e. The zero-order valence-corrected chi connectivity index (χ0v) is 15.8. The number of aromatic nitrogens is 1. The third-order valence-corrected chi connectivity index (χ3v) is 5.21. The van der Waals surface area contributed by atoms with Gasteiger partial charge in [-0.25, -0.2) is 0 Å². The first kappa shape index (κ1) is 18.4. The largest absolute Gasteiger partial charge is 0.375 e. The Morgan fingerprint density at radius 1 is 0.964 bits per heavy atom. The number of morpholine rings is 1. The maximum absolute atomic E-state index is 12.8. The van der Waals surface area contributed by atoms with Crippen LogP contribution in [-0.2, 0) is 4.74 Å². The first-order valence-electron chi connectivity index (χ1n) is 9.73. The van der Waals surface area contributed by atoms with Crippen LogP contribution in [0.25, 0.3) is 0 Å². The maximum Gasteiger partial charge on any atom is 0.272 e. The fourth-order valence-corrected chi connectivity index (χ4v) is 3.80. The summed E-state index contributed by atoms with van der Waals surface area (Å²) in [6, 6.07) is 26.5. The molecule has 0 saturated carbocycles. The van der Waals surface area contributed by atoms with Gasteiger partial charge in [-0.1, -0.05) is 66.7 Å². The van der Waals surface area contributed by atoms with Crippen molar-refractivity contribution in [3.8, 4) is 0 Å². The Bertz CT molecular complexity index is 845. The summed E-state index contributed by atoms with van der Waals surface area (Å²) in [5, 5.41) is 0. The van der Waals surface area contributed by atoms with Gasteiger partial charge in [-0.2, -0.15) is 0 Å². The van der Waals surface area contributed by atoms with E-state index >= 15 is 0 Å². The lowest BCUT2D eigenvalue weighted by molar-refractivity contribution is -0.0266. The van der Waals surface area contributed by atoms with E-state index in [1.807, 2.05) is 29.2 Å². The van der Waals surface area contributed by atoms with E-state index in [0.29, 0.717) is 25.4 Å². The summed E-state index contributed by atoms with van der Waals surface area (Å²) in [7, 11) is 0. The summed E-state index contributed by atoms with van der Waals surface area (Å²) in [5.41, 5.74) is 3.03. The van der Waals surface area contributed by atoms with Gasteiger partial charge in [0.25, 0.3) is 5.91 Å². The van der Waals surface area contributed by atoms with E-state index in [4.69, 9.17) is 4.74 Å². The molecular formula is C24H24N2O2. The number of rotatable bonds is 5. The van der Waals surface area contributed by atoms with E-state index in [9.17, 15) is 4.79 Å². The minimum absolute atomic E-state index is 0.00757. The summed E-state index contributed by atoms with van der Waals surface area (Å²) in [5.74, 6) is 0.210. The molecule has 1 fully saturated rings. The van der Waals surface area contributed by atoms with Crippen molar-refractivity contribution in [3.63, 3.8) is 0 Å². The standard InChI is InChI=1S/C24H24N2O2/c27-24(23-13-7-8-14-25-23)26-15-16-28-21(18-26)17-22(19-9-3-1-4-10-19)20-11-5-2-6-12-20/h1-14,21-22H,15-18H2/t21-/m1/s1. The predicted octanol–water partition coefficient (Wildman–Crippen LogP) is 4.14. The third-order valence-electron chi connectivity index (χ3n) is 5.21. The smallest absolute Gasteiger partial charge is 0.272 e. The van der Waals surface area contributed by atoms with E-state index < -0.39 is 0 Å². The quantitative estimate of drug-likeness (QED) is 0.676. The molecule has 1 aliphatic rings. The monoisotopic (exact) mass is 372 g/mol. The highest BCUT2D eigenvalue weighted by atomic mass is 16.5. The van der Waals surface area contributed by atoms with Gasteiger partial charge >= 0.3 is 0 Å². The average Bonchev–Trinajstić information content (AvgIpc) is 2.79. The summed E-state index contributed by atoms with van der Waals surface area (Å²) in [6.07, 6.45) is 2.48. The van der Waals surface area contributed by atoms with Crippen molar-refractivity contribution in [3.05, 3.63) is 102 Å². The van der Waals surface area contributed by atoms with Gasteiger partial charge in [-0.3, -0.25) is 9.78 Å². The second kappa shape index (κ2) is 8.81. The predicted molar refractivity (Wildman–Crippen MR) is 109 cm³/mol. The molecule has 0 N–H and O–H groups in total. The second-order valence-corrected chi connectivity index (χ2v) is 7.07. The van der Waals surface area contributed by atoms with Gasteiger partial charge in [0.15, 0.2) is 0 Å². The van der Waals surface area contributed by atoms with Gasteiger partial charge in [0, 0.05) is 25.2 Å². The fourth-order valence-electron chi connectivity index (χ4n) is 3.80. The number of amides is 1. The number of nitrogens with zero attached hydrogens (tertiary/aromatic N) is 2. The normalized spacial score (nSPS) is 16.9. The number of ether oxygens (including phenoxy) is 1. The van der Waals surface area contributed by atoms with Crippen LogP contribution in [0.1, 0.15) is 34.0 Å². The zero-order valence-electron chi connectivity index (χ0n) is 15.8. The lowest BCUT2D eigenvalue weighted by atomic mass is 9.86. The van der Waals surface area contributed by atoms with Crippen LogP contribution in [0, 0.1) is 0 Å². The fraction of sp³-hybridized carbons (Fsp3) is 0.250. The first-order valence-corrected chi connectivity index (χ1v) is 9.73. The molecule has 1 amide bonds. The van der Waals surface area contributed by atoms with Crippen molar-refractivity contribution >= 4 is 5.91 Å². The molecular weight excluding hydrogens is 348 g/mol. The van der Waals surface area contributed by atoms with Crippen LogP contribution in [0.3, 0.4) is 0 Å². The lowest BCUT2D eigenvalue weighted by Gasteiger charge is -2.34. The molecule has 2 aromatic carbocycles. The lowest BCUT2D eigenvalue weighted by Crippen LogP contribution is -2.46. The van der Waals surface area contributed by atoms with Gasteiger partial charge in [0.05, 0.1) is 12.7 Å². The van der Waals surface area contributed by atoms with Crippen LogP contribution < -0.4 is 0 Å². The molecule has 0 unspecified atom stereocenters. The van der Waals surface area contributed by atoms with Crippen molar-refractivity contribution in [2.75, 3.05) is 19.7 Å². The van der Waals surface area contributed by atoms with Crippen LogP contribution in [-0.4, -0.2) is 41.6 Å². The van der Waals surface area contributed by atoms with Crippen molar-refractivity contribution in [2.45, 2.75) is 18.4 Å². The molecule has 1 atom stereocenters. The van der Waals surface area contributed by atoms with E-state index in [1.54, 1.807) is 12.3 Å². The van der Waals surface area contributed by atoms with Crippen molar-refractivity contribution in [1.82, 2.24) is 9.88 Å². The second-order valence-electron chi connectivity index (χ2n) is 7.07. The molecule has 4 rings (SSSR count). The molecule has 1 aromatic heterocycles. The maximum atomic E-state index is 12.8. The van der Waals surface area contributed by atoms with Crippen molar-refractivity contribution < 1.29 is 9.53 Å². The first-order chi connectivity index (χ1) is 13.8. The van der Waals surface area contributed by atoms with Gasteiger partial charge in [0.1, 0.15) is 5.69 Å². The Balaban J connectivity index is 1.51. The van der Waals surface area contributed by atoms with Gasteiger partial charge < -0.3 is 9.64 Å². The number of benzene rings is 2. The molecule has 0 spiro atoms. The highest BCUT2D eigenvalue weighted by Crippen LogP contribution is 2.31. The number of carbonyl (C=O) groups is 1. The topological polar surface area (TPSA) is 42.4 Å². The van der Waals surface area contributed by atoms with Gasteiger partial charge in [0.2, 0.25) is 0 Å². The molecule has 3 aromatic rings. The highest BCUT2D eigenvalue weighted by Gasteiger charge is 2.28. The van der Waals surface area contributed by atoms with E-state index in [1.165, 1.54) is 11.1 Å². The van der Waals surface area contributed by atoms with Gasteiger partial charge in [-0.05, 0) is 29.7 Å². The Kier molecular flexibility index (Phi) is 5.78. The SMILES string of the molecule is O=C(c1ccccn1)N1CCO[C@H](CC(c2ccccc2)c2ccccc2)C1. The number of hydrogen-bond donors (Lipinski definition) is 0. The third kappa shape index (κ3) is 4.29. The number of carbonyl (C=O) groups excluding carboxylic acids is 1. The van der Waals surface area contributed by atoms with Crippen LogP contribution >= 0.6 is 0 Å². The highest BCUT2D eigenvalue weighted by molar-refractivity contribution is 5.92. The van der Waals surface area contributed by atoms with E-state index in [-0.39, 0.29) is 17.9 Å². The Morgan fingerprint density at radius 3 is 2.21 bits per heavy atom. The molecule has 1 saturated heterocycles. The molecule has 0 radical (unpaired) electrons. The summed E-state index contributed by atoms with van der Waals surface area (Å²) < 4.78 is 6.05. The summed E-state index contributed by atoms with van der Waals surface area (Å²) >= 11 is 0. The van der Waals surface area contributed by atoms with E-state index in [0.717, 1.165) is 6.42 Å². The summed E-state index contributed by atoms with van der Waals surface area (Å²) in [6.45, 7) is 1.75. The Morgan fingerprint density at radius 2 is 1.61 bits per heavy atom. The van der Waals surface area contributed by atoms with Crippen LogP contribution in [0.4, 0.5) is 0 Å². The van der Waals surface area contributed by atoms with Crippen LogP contribution in [0.5, 0.6) is 0 Å². The van der Waals surface area contributed by atoms with E-state index in [2.05, 4.69) is 53.5 Å². The number of pyridine rings is 1. The van der Waals surface area contributed by atoms with Crippen molar-refractivity contribution in [1.29, 1.82) is 0 Å². The van der Waals surface area contributed by atoms with Gasteiger partial charge in [-0.15, -0.1) is 0 Å². The minimum atomic E-state index is -0.0233.